The van der Waals surface area contributed by atoms with E-state index < -0.39 is 5.82 Å². The third-order valence-electron chi connectivity index (χ3n) is 4.16. The predicted octanol–water partition coefficient (Wildman–Crippen LogP) is 2.86. The third-order valence-corrected chi connectivity index (χ3v) is 4.91. The Balaban J connectivity index is 1.59. The van der Waals surface area contributed by atoms with Gasteiger partial charge < -0.3 is 14.8 Å². The zero-order chi connectivity index (χ0) is 21.3. The molecule has 0 amide bonds. The molecule has 0 spiro atoms. The van der Waals surface area contributed by atoms with Crippen LogP contribution in [0.2, 0.25) is 0 Å². The zero-order valence-electron chi connectivity index (χ0n) is 16.6. The van der Waals surface area contributed by atoms with Gasteiger partial charge in [-0.3, -0.25) is 9.67 Å². The Labute approximate surface area is 177 Å². The number of halogens is 1. The van der Waals surface area contributed by atoms with Crippen LogP contribution >= 0.6 is 11.3 Å². The molecule has 0 aliphatic rings. The van der Waals surface area contributed by atoms with Crippen molar-refractivity contribution in [3.63, 3.8) is 0 Å². The maximum Gasteiger partial charge on any atom is 0.274 e. The fourth-order valence-electron chi connectivity index (χ4n) is 2.57. The number of ether oxygens (including phenoxy) is 2. The Morgan fingerprint density at radius 2 is 2.30 bits per heavy atom. The number of hydrogen-bond acceptors (Lipinski definition) is 7. The fraction of sp³-hybridized carbons (Fsp3) is 0.300. The molecular formula is C20H21FN6O2S. The number of nitrogens with one attached hydrogen (secondary N) is 1. The smallest absolute Gasteiger partial charge is 0.274 e. The van der Waals surface area contributed by atoms with E-state index in [-0.39, 0.29) is 12.2 Å². The van der Waals surface area contributed by atoms with Gasteiger partial charge in [0.05, 0.1) is 36.7 Å². The van der Waals surface area contributed by atoms with Gasteiger partial charge in [-0.05, 0) is 12.1 Å². The summed E-state index contributed by atoms with van der Waals surface area (Å²) < 4.78 is 26.4. The fourth-order valence-corrected chi connectivity index (χ4v) is 3.25. The number of thiazole rings is 1. The predicted molar refractivity (Wildman–Crippen MR) is 112 cm³/mol. The lowest BCUT2D eigenvalue weighted by Gasteiger charge is -2.08. The number of nitrogens with zero attached hydrogens (tertiary/aromatic N) is 5. The highest BCUT2D eigenvalue weighted by atomic mass is 32.1. The monoisotopic (exact) mass is 428 g/mol. The van der Waals surface area contributed by atoms with Crippen LogP contribution in [-0.2, 0) is 17.9 Å². The van der Waals surface area contributed by atoms with Gasteiger partial charge in [0.25, 0.3) is 5.19 Å². The average molecular weight is 428 g/mol. The van der Waals surface area contributed by atoms with E-state index in [1.54, 1.807) is 37.2 Å². The molecule has 30 heavy (non-hydrogen) atoms. The van der Waals surface area contributed by atoms with Crippen LogP contribution in [0.1, 0.15) is 11.1 Å². The first-order valence-electron chi connectivity index (χ1n) is 9.11. The van der Waals surface area contributed by atoms with E-state index in [1.165, 1.54) is 17.4 Å². The Bertz CT molecular complexity index is 1060. The summed E-state index contributed by atoms with van der Waals surface area (Å²) in [7, 11) is 3.37. The molecule has 2 aromatic heterocycles. The van der Waals surface area contributed by atoms with Crippen molar-refractivity contribution in [3.8, 4) is 22.5 Å². The number of rotatable bonds is 9. The van der Waals surface area contributed by atoms with Gasteiger partial charge in [-0.15, -0.1) is 0 Å². The number of hydrogen-bond donors (Lipinski definition) is 1. The Kier molecular flexibility index (Phi) is 7.48. The first kappa shape index (κ1) is 21.4. The Hall–Kier alpha value is -3.29. The van der Waals surface area contributed by atoms with E-state index >= 15 is 0 Å². The Morgan fingerprint density at radius 3 is 3.03 bits per heavy atom. The van der Waals surface area contributed by atoms with Gasteiger partial charge in [0, 0.05) is 43.4 Å². The number of aliphatic imine (C=N–C) groups is 1. The molecule has 8 nitrogen and oxygen atoms in total. The summed E-state index contributed by atoms with van der Waals surface area (Å²) in [4.78, 5) is 8.66. The summed E-state index contributed by atoms with van der Waals surface area (Å²) in [5, 5.41) is 18.6. The minimum atomic E-state index is -0.473. The van der Waals surface area contributed by atoms with Crippen molar-refractivity contribution in [2.45, 2.75) is 13.2 Å². The molecule has 0 aliphatic carbocycles. The molecule has 0 aliphatic heterocycles. The lowest BCUT2D eigenvalue weighted by Crippen LogP contribution is -2.30. The van der Waals surface area contributed by atoms with E-state index in [0.29, 0.717) is 30.5 Å². The van der Waals surface area contributed by atoms with Gasteiger partial charge in [-0.2, -0.15) is 10.4 Å². The highest BCUT2D eigenvalue weighted by molar-refractivity contribution is 7.11. The highest BCUT2D eigenvalue weighted by Crippen LogP contribution is 2.27. The lowest BCUT2D eigenvalue weighted by molar-refractivity contribution is 0.203. The SMILES string of the molecule is C/N=C(/Cn1cc(-c2csc(OCc3ccc(C#N)cc3F)n2)cn1)NCCOC. The first-order chi connectivity index (χ1) is 14.6. The quantitative estimate of drug-likeness (QED) is 0.320. The summed E-state index contributed by atoms with van der Waals surface area (Å²) in [6.45, 7) is 1.81. The van der Waals surface area contributed by atoms with E-state index in [2.05, 4.69) is 20.4 Å². The van der Waals surface area contributed by atoms with Crippen LogP contribution in [-0.4, -0.2) is 47.9 Å². The van der Waals surface area contributed by atoms with Crippen LogP contribution in [0.5, 0.6) is 5.19 Å². The standard InChI is InChI=1S/C20H21FN6O2S/c1-23-19(24-5-6-28-2)11-27-10-16(9-25-27)18-13-30-20(26-18)29-12-15-4-3-14(8-22)7-17(15)21/h3-4,7,9-10,13H,5-6,11-12H2,1-2H3,(H,23,24). The van der Waals surface area contributed by atoms with E-state index in [0.717, 1.165) is 17.1 Å². The minimum absolute atomic E-state index is 0.0349. The zero-order valence-corrected chi connectivity index (χ0v) is 17.4. The second-order valence-electron chi connectivity index (χ2n) is 6.22. The highest BCUT2D eigenvalue weighted by Gasteiger charge is 2.11. The van der Waals surface area contributed by atoms with Crippen LogP contribution in [0, 0.1) is 17.1 Å². The van der Waals surface area contributed by atoms with Crippen LogP contribution in [0.4, 0.5) is 4.39 Å². The van der Waals surface area contributed by atoms with Gasteiger partial charge in [0.1, 0.15) is 18.3 Å². The molecule has 0 unspecified atom stereocenters. The van der Waals surface area contributed by atoms with Gasteiger partial charge in [-0.25, -0.2) is 9.37 Å². The number of amidine groups is 1. The topological polar surface area (TPSA) is 97.4 Å². The molecule has 0 bridgehead atoms. The lowest BCUT2D eigenvalue weighted by atomic mass is 10.1. The van der Waals surface area contributed by atoms with Gasteiger partial charge in [-0.1, -0.05) is 17.4 Å². The van der Waals surface area contributed by atoms with Crippen molar-refractivity contribution >= 4 is 17.2 Å². The number of nitriles is 1. The van der Waals surface area contributed by atoms with Crippen molar-refractivity contribution < 1.29 is 13.9 Å². The van der Waals surface area contributed by atoms with Crippen molar-refractivity contribution in [1.29, 1.82) is 5.26 Å². The largest absolute Gasteiger partial charge is 0.465 e. The molecule has 3 rings (SSSR count). The summed E-state index contributed by atoms with van der Waals surface area (Å²) in [6, 6.07) is 6.20. The number of methoxy groups -OCH3 is 1. The third kappa shape index (κ3) is 5.62. The second-order valence-corrected chi connectivity index (χ2v) is 7.04. The van der Waals surface area contributed by atoms with Crippen molar-refractivity contribution in [1.82, 2.24) is 20.1 Å². The molecule has 0 saturated carbocycles. The maximum absolute atomic E-state index is 14.0. The molecular weight excluding hydrogens is 407 g/mol. The van der Waals surface area contributed by atoms with E-state index in [4.69, 9.17) is 14.7 Å². The number of aromatic nitrogens is 3. The molecule has 3 aromatic rings. The minimum Gasteiger partial charge on any atom is -0.465 e. The van der Waals surface area contributed by atoms with Crippen molar-refractivity contribution in [2.24, 2.45) is 4.99 Å². The molecule has 156 valence electrons. The summed E-state index contributed by atoms with van der Waals surface area (Å²) in [5.41, 5.74) is 2.21. The maximum atomic E-state index is 14.0. The van der Waals surface area contributed by atoms with Crippen molar-refractivity contribution in [2.75, 3.05) is 27.3 Å². The Morgan fingerprint density at radius 1 is 1.43 bits per heavy atom. The molecule has 10 heteroatoms. The van der Waals surface area contributed by atoms with Crippen LogP contribution in [0.3, 0.4) is 0 Å². The molecule has 0 radical (unpaired) electrons. The normalized spacial score (nSPS) is 11.3. The summed E-state index contributed by atoms with van der Waals surface area (Å²) >= 11 is 1.32. The summed E-state index contributed by atoms with van der Waals surface area (Å²) in [6.07, 6.45) is 3.60. The molecule has 0 fully saturated rings. The second kappa shape index (κ2) is 10.5. The number of benzene rings is 1. The van der Waals surface area contributed by atoms with Crippen LogP contribution < -0.4 is 10.1 Å². The summed E-state index contributed by atoms with van der Waals surface area (Å²) in [5.74, 6) is 0.327. The molecule has 0 atom stereocenters. The van der Waals surface area contributed by atoms with E-state index in [1.807, 2.05) is 17.6 Å². The van der Waals surface area contributed by atoms with Crippen molar-refractivity contribution in [3.05, 3.63) is 52.9 Å². The van der Waals surface area contributed by atoms with Gasteiger partial charge in [0.15, 0.2) is 0 Å². The molecule has 1 N–H and O–H groups in total. The van der Waals surface area contributed by atoms with Crippen LogP contribution in [0.25, 0.3) is 11.3 Å². The molecule has 1 aromatic carbocycles. The van der Waals surface area contributed by atoms with Gasteiger partial charge in [0.2, 0.25) is 0 Å². The van der Waals surface area contributed by atoms with Gasteiger partial charge >= 0.3 is 0 Å². The first-order valence-corrected chi connectivity index (χ1v) is 9.99. The average Bonchev–Trinajstić information content (AvgIpc) is 3.41. The van der Waals surface area contributed by atoms with E-state index in [9.17, 15) is 4.39 Å². The molecule has 0 saturated heterocycles. The molecule has 2 heterocycles. The van der Waals surface area contributed by atoms with Crippen LogP contribution in [0.15, 0.2) is 41.0 Å².